The molecule has 0 rings (SSSR count). The van der Waals surface area contributed by atoms with Gasteiger partial charge in [-0.3, -0.25) is 0 Å². The van der Waals surface area contributed by atoms with Gasteiger partial charge in [0.05, 0.1) is 0 Å². The van der Waals surface area contributed by atoms with Crippen molar-refractivity contribution < 1.29 is 42.3 Å². The van der Waals surface area contributed by atoms with Gasteiger partial charge in [-0.05, 0) is 0 Å². The molecule has 0 N–H and O–H groups in total. The van der Waals surface area contributed by atoms with Crippen molar-refractivity contribution in [1.82, 2.24) is 0 Å². The second-order valence-corrected chi connectivity index (χ2v) is 0. The van der Waals surface area contributed by atoms with Crippen LogP contribution in [0.15, 0.2) is 0 Å². The minimum atomic E-state index is 0. The molecule has 5 heteroatoms. The van der Waals surface area contributed by atoms with Crippen molar-refractivity contribution in [3.8, 4) is 0 Å². The van der Waals surface area contributed by atoms with E-state index in [1.54, 1.807) is 0 Å². The monoisotopic (exact) mass is 185 g/mol. The summed E-state index contributed by atoms with van der Waals surface area (Å²) in [6, 6.07) is 0. The average Bonchev–Trinajstić information content (AvgIpc) is 1.00. The van der Waals surface area contributed by atoms with E-state index in [0.29, 0.717) is 0 Å². The van der Waals surface area contributed by atoms with Gasteiger partial charge in [0.15, 0.2) is 0 Å². The molecule has 0 atom stereocenters. The van der Waals surface area contributed by atoms with Crippen LogP contribution in [-0.4, -0.2) is 17.4 Å². The van der Waals surface area contributed by atoms with Gasteiger partial charge in [0.2, 0.25) is 0 Å². The Kier molecular flexibility index (Phi) is 374. The van der Waals surface area contributed by atoms with Crippen LogP contribution in [0, 0.1) is 0 Å². The van der Waals surface area contributed by atoms with Gasteiger partial charge in [-0.25, -0.2) is 0 Å². The van der Waals surface area contributed by atoms with Crippen LogP contribution < -0.4 is 0 Å². The zero-order chi connectivity index (χ0) is 2.00. The quantitative estimate of drug-likeness (QED) is 0.465. The molecule has 2 nitrogen and oxygen atoms in total. The molecule has 34 valence electrons. The van der Waals surface area contributed by atoms with E-state index in [-0.39, 0.29) is 39.9 Å². The first kappa shape index (κ1) is 33.1. The molecule has 0 aliphatic rings. The molecular weight excluding hydrogens is 186 g/mol. The van der Waals surface area contributed by atoms with Crippen molar-refractivity contribution in [2.45, 2.75) is 0 Å². The molecule has 0 fully saturated rings. The van der Waals surface area contributed by atoms with E-state index < -0.39 is 0 Å². The zero-order valence-corrected chi connectivity index (χ0v) is 5.03. The Morgan fingerprint density at radius 1 is 1.20 bits per heavy atom. The van der Waals surface area contributed by atoms with Gasteiger partial charge in [-0.1, -0.05) is 0 Å². The van der Waals surface area contributed by atoms with Crippen molar-refractivity contribution in [3.05, 3.63) is 0 Å². The van der Waals surface area contributed by atoms with Crippen LogP contribution in [0.25, 0.3) is 0 Å². The Labute approximate surface area is 59.6 Å². The molecule has 1 radical (unpaired) electrons. The van der Waals surface area contributed by atoms with Crippen LogP contribution in [0.3, 0.4) is 0 Å². The number of hydrogen-bond acceptors (Lipinski definition) is 1. The Bertz CT molecular complexity index is 7.61. The predicted molar refractivity (Wildman–Crippen MR) is 7.13 cm³/mol. The molecule has 0 spiro atoms. The first-order chi connectivity index (χ1) is 1.00. The van der Waals surface area contributed by atoms with E-state index in [0.717, 1.165) is 0 Å². The fourth-order valence-corrected chi connectivity index (χ4v) is 0. The van der Waals surface area contributed by atoms with Crippen LogP contribution in [0.1, 0.15) is 0 Å². The topological polar surface area (TPSA) is 45.6 Å². The van der Waals surface area contributed by atoms with E-state index in [1.807, 2.05) is 0 Å². The molecule has 0 amide bonds. The predicted octanol–water partition coefficient (Wildman–Crippen LogP) is -0.623. The van der Waals surface area contributed by atoms with Crippen molar-refractivity contribution >= 4 is 17.4 Å². The van der Waals surface area contributed by atoms with Gasteiger partial charge in [-0.15, -0.1) is 0 Å². The fraction of sp³-hybridized carbons (Fsp3) is 0. The summed E-state index contributed by atoms with van der Waals surface area (Å²) in [4.78, 5) is 0. The SMILES string of the molecule is [Al+3].[Cu+2].[O-2].[O]=[Cu]. The van der Waals surface area contributed by atoms with Gasteiger partial charge >= 0.3 is 54.2 Å². The van der Waals surface area contributed by atoms with E-state index in [4.69, 9.17) is 3.83 Å². The van der Waals surface area contributed by atoms with Crippen molar-refractivity contribution in [2.24, 2.45) is 0 Å². The summed E-state index contributed by atoms with van der Waals surface area (Å²) in [5.74, 6) is 0. The van der Waals surface area contributed by atoms with Crippen molar-refractivity contribution in [3.63, 3.8) is 0 Å². The second-order valence-electron chi connectivity index (χ2n) is 0. The summed E-state index contributed by atoms with van der Waals surface area (Å²) in [5, 5.41) is 0. The molecule has 0 unspecified atom stereocenters. The van der Waals surface area contributed by atoms with Gasteiger partial charge in [0, 0.05) is 0 Å². The summed E-state index contributed by atoms with van der Waals surface area (Å²) in [5.41, 5.74) is 0. The summed E-state index contributed by atoms with van der Waals surface area (Å²) < 4.78 is 7.81. The Morgan fingerprint density at radius 3 is 1.20 bits per heavy atom. The van der Waals surface area contributed by atoms with Crippen LogP contribution in [0.5, 0.6) is 0 Å². The van der Waals surface area contributed by atoms with Crippen molar-refractivity contribution in [1.29, 1.82) is 0 Å². The third-order valence-electron chi connectivity index (χ3n) is 0. The molecule has 5 heavy (non-hydrogen) atoms. The fourth-order valence-electron chi connectivity index (χ4n) is 0. The number of hydrogen-bond donors (Lipinski definition) is 0. The summed E-state index contributed by atoms with van der Waals surface area (Å²) in [6.45, 7) is 0. The van der Waals surface area contributed by atoms with Gasteiger partial charge < -0.3 is 5.48 Å². The summed E-state index contributed by atoms with van der Waals surface area (Å²) in [7, 11) is 0. The van der Waals surface area contributed by atoms with E-state index in [9.17, 15) is 0 Å². The molecule has 0 aliphatic carbocycles. The maximum absolute atomic E-state index is 7.81. The van der Waals surface area contributed by atoms with Gasteiger partial charge in [0.1, 0.15) is 0 Å². The summed E-state index contributed by atoms with van der Waals surface area (Å²) >= 11 is 2.94. The van der Waals surface area contributed by atoms with E-state index in [1.165, 1.54) is 0 Å². The van der Waals surface area contributed by atoms with Gasteiger partial charge in [-0.2, -0.15) is 0 Å². The standard InChI is InChI=1S/Al.2Cu.2O/q+3;;+2;;-2. The Hall–Kier alpha value is 1.33. The molecule has 0 aromatic rings. The summed E-state index contributed by atoms with van der Waals surface area (Å²) in [6.07, 6.45) is 0. The van der Waals surface area contributed by atoms with Crippen LogP contribution >= 0.6 is 0 Å². The van der Waals surface area contributed by atoms with E-state index >= 15 is 0 Å². The first-order valence-electron chi connectivity index (χ1n) is 0.123. The minimum absolute atomic E-state index is 0. The first-order valence-corrected chi connectivity index (χ1v) is 0.508. The van der Waals surface area contributed by atoms with Crippen LogP contribution in [-0.2, 0) is 42.3 Å². The Morgan fingerprint density at radius 2 is 1.20 bits per heavy atom. The van der Waals surface area contributed by atoms with Crippen molar-refractivity contribution in [2.75, 3.05) is 0 Å². The third kappa shape index (κ3) is 33.4. The molecule has 0 saturated heterocycles. The van der Waals surface area contributed by atoms with Crippen LogP contribution in [0.4, 0.5) is 0 Å². The zero-order valence-electron chi connectivity index (χ0n) is 2.00. The van der Waals surface area contributed by atoms with E-state index in [2.05, 4.69) is 15.9 Å². The molecule has 0 aromatic carbocycles. The molecular formula is AlCu2O2+3. The van der Waals surface area contributed by atoms with Gasteiger partial charge in [0.25, 0.3) is 0 Å². The number of rotatable bonds is 0. The molecule has 0 heterocycles. The maximum atomic E-state index is 7.81. The molecule has 0 aromatic heterocycles. The molecule has 0 saturated carbocycles. The third-order valence-corrected chi connectivity index (χ3v) is 0. The molecule has 0 aliphatic heterocycles. The van der Waals surface area contributed by atoms with Crippen LogP contribution in [0.2, 0.25) is 0 Å². The average molecular weight is 186 g/mol. The second kappa shape index (κ2) is 56.4. The molecule has 0 bridgehead atoms. The normalized spacial score (nSPS) is 1.20. The Balaban J connectivity index is -0.00000000167.